The first-order valence-electron chi connectivity index (χ1n) is 6.97. The Balaban J connectivity index is 2.08. The van der Waals surface area contributed by atoms with Crippen LogP contribution in [0.3, 0.4) is 0 Å². The fraction of sp³-hybridized carbons (Fsp3) is 0.188. The van der Waals surface area contributed by atoms with Crippen molar-refractivity contribution < 1.29 is 15.0 Å². The number of halogens is 2. The topological polar surface area (TPSA) is 74.5 Å². The van der Waals surface area contributed by atoms with Gasteiger partial charge in [0.1, 0.15) is 0 Å². The van der Waals surface area contributed by atoms with Gasteiger partial charge in [0.05, 0.1) is 12.6 Å². The van der Waals surface area contributed by atoms with Gasteiger partial charge in [0.15, 0.2) is 0 Å². The molecule has 120 valence electrons. The maximum atomic E-state index is 10.6. The average molecular weight is 442 g/mol. The summed E-state index contributed by atoms with van der Waals surface area (Å²) in [4.78, 5) is 10.6. The molecule has 5 nitrogen and oxygen atoms in total. The highest BCUT2D eigenvalue weighted by atomic mass is 79.9. The van der Waals surface area contributed by atoms with Crippen molar-refractivity contribution in [3.63, 3.8) is 0 Å². The lowest BCUT2D eigenvalue weighted by Crippen LogP contribution is -2.33. The van der Waals surface area contributed by atoms with Gasteiger partial charge in [-0.15, -0.1) is 0 Å². The predicted octanol–water partition coefficient (Wildman–Crippen LogP) is 3.95. The van der Waals surface area contributed by atoms with Gasteiger partial charge < -0.3 is 20.1 Å². The minimum absolute atomic E-state index is 0.0104. The van der Waals surface area contributed by atoms with Crippen LogP contribution in [-0.4, -0.2) is 33.5 Å². The number of rotatable bonds is 4. The molecule has 0 saturated carbocycles. The summed E-state index contributed by atoms with van der Waals surface area (Å²) >= 11 is 6.98. The van der Waals surface area contributed by atoms with E-state index in [1.165, 1.54) is 0 Å². The monoisotopic (exact) mass is 440 g/mol. The van der Waals surface area contributed by atoms with Crippen molar-refractivity contribution in [1.29, 1.82) is 0 Å². The van der Waals surface area contributed by atoms with Gasteiger partial charge in [0.2, 0.25) is 0 Å². The quantitative estimate of drug-likeness (QED) is 0.573. The van der Waals surface area contributed by atoms with Crippen LogP contribution in [0.4, 0.5) is 4.79 Å². The van der Waals surface area contributed by atoms with E-state index in [0.29, 0.717) is 6.54 Å². The standard InChI is InChI=1S/C16H14Br2N2O3/c17-9-1-3-14-12(5-9)13-6-10(18)2-4-15(13)20(14)8-11(21)7-19-16(22)23/h1-6,11,19,21H,7-8H2,(H,22,23). The second kappa shape index (κ2) is 6.51. The van der Waals surface area contributed by atoms with Gasteiger partial charge in [-0.1, -0.05) is 31.9 Å². The Labute approximate surface area is 149 Å². The van der Waals surface area contributed by atoms with Crippen molar-refractivity contribution >= 4 is 59.8 Å². The Morgan fingerprint density at radius 2 is 1.61 bits per heavy atom. The van der Waals surface area contributed by atoms with E-state index >= 15 is 0 Å². The number of fused-ring (bicyclic) bond motifs is 3. The van der Waals surface area contributed by atoms with Crippen LogP contribution < -0.4 is 5.32 Å². The van der Waals surface area contributed by atoms with Crippen molar-refractivity contribution in [1.82, 2.24) is 9.88 Å². The number of aliphatic hydroxyl groups excluding tert-OH is 1. The van der Waals surface area contributed by atoms with Crippen LogP contribution in [0, 0.1) is 0 Å². The molecule has 7 heteroatoms. The Kier molecular flexibility index (Phi) is 4.61. The first-order valence-corrected chi connectivity index (χ1v) is 8.56. The third-order valence-electron chi connectivity index (χ3n) is 3.67. The van der Waals surface area contributed by atoms with E-state index in [2.05, 4.69) is 37.2 Å². The van der Waals surface area contributed by atoms with Crippen molar-refractivity contribution in [2.24, 2.45) is 0 Å². The molecule has 0 bridgehead atoms. The summed E-state index contributed by atoms with van der Waals surface area (Å²) in [5, 5.41) is 23.2. The van der Waals surface area contributed by atoms with Crippen molar-refractivity contribution in [3.8, 4) is 0 Å². The molecule has 0 aliphatic carbocycles. The number of carbonyl (C=O) groups is 1. The third-order valence-corrected chi connectivity index (χ3v) is 4.66. The zero-order valence-corrected chi connectivity index (χ0v) is 15.1. The van der Waals surface area contributed by atoms with Gasteiger partial charge in [-0.25, -0.2) is 4.79 Å². The fourth-order valence-corrected chi connectivity index (χ4v) is 3.45. The fourth-order valence-electron chi connectivity index (χ4n) is 2.73. The van der Waals surface area contributed by atoms with Gasteiger partial charge in [0.25, 0.3) is 0 Å². The lowest BCUT2D eigenvalue weighted by Gasteiger charge is -2.14. The molecule has 3 aromatic rings. The molecule has 3 rings (SSSR count). The summed E-state index contributed by atoms with van der Waals surface area (Å²) in [5.41, 5.74) is 1.99. The van der Waals surface area contributed by atoms with Crippen molar-refractivity contribution in [3.05, 3.63) is 45.3 Å². The number of aliphatic hydroxyl groups is 1. The lowest BCUT2D eigenvalue weighted by atomic mass is 10.2. The van der Waals surface area contributed by atoms with E-state index < -0.39 is 12.2 Å². The summed E-state index contributed by atoms with van der Waals surface area (Å²) in [6.07, 6.45) is -1.95. The number of benzene rings is 2. The molecule has 0 aliphatic heterocycles. The lowest BCUT2D eigenvalue weighted by molar-refractivity contribution is 0.145. The molecule has 0 saturated heterocycles. The summed E-state index contributed by atoms with van der Waals surface area (Å²) < 4.78 is 3.98. The minimum atomic E-state index is -1.14. The highest BCUT2D eigenvalue weighted by Gasteiger charge is 2.15. The maximum absolute atomic E-state index is 10.6. The SMILES string of the molecule is O=C(O)NCC(O)Cn1c2ccc(Br)cc2c2cc(Br)ccc21. The Morgan fingerprint density at radius 1 is 1.09 bits per heavy atom. The second-order valence-electron chi connectivity index (χ2n) is 5.27. The van der Waals surface area contributed by atoms with Gasteiger partial charge >= 0.3 is 6.09 Å². The molecule has 0 aliphatic rings. The number of hydrogen-bond acceptors (Lipinski definition) is 2. The van der Waals surface area contributed by atoms with E-state index in [1.54, 1.807) is 0 Å². The molecule has 23 heavy (non-hydrogen) atoms. The van der Waals surface area contributed by atoms with Gasteiger partial charge in [-0.2, -0.15) is 0 Å². The smallest absolute Gasteiger partial charge is 0.404 e. The number of hydrogen-bond donors (Lipinski definition) is 3. The first kappa shape index (κ1) is 16.3. The Hall–Kier alpha value is -1.57. The van der Waals surface area contributed by atoms with E-state index in [1.807, 2.05) is 41.0 Å². The molecule has 3 N–H and O–H groups in total. The highest BCUT2D eigenvalue weighted by Crippen LogP contribution is 2.33. The number of amides is 1. The molecule has 1 amide bonds. The molecule has 1 unspecified atom stereocenters. The van der Waals surface area contributed by atoms with Crippen LogP contribution in [0.15, 0.2) is 45.3 Å². The largest absolute Gasteiger partial charge is 0.465 e. The molecule has 1 aromatic heterocycles. The zero-order valence-electron chi connectivity index (χ0n) is 12.0. The summed E-state index contributed by atoms with van der Waals surface area (Å²) in [6, 6.07) is 12.0. The van der Waals surface area contributed by atoms with Gasteiger partial charge in [-0.05, 0) is 36.4 Å². The molecule has 1 atom stereocenters. The van der Waals surface area contributed by atoms with E-state index in [4.69, 9.17) is 5.11 Å². The third kappa shape index (κ3) is 3.36. The van der Waals surface area contributed by atoms with Crippen LogP contribution >= 0.6 is 31.9 Å². The molecule has 0 radical (unpaired) electrons. The van der Waals surface area contributed by atoms with Crippen LogP contribution in [-0.2, 0) is 6.54 Å². The Morgan fingerprint density at radius 3 is 2.09 bits per heavy atom. The molecular weight excluding hydrogens is 428 g/mol. The molecule has 0 fully saturated rings. The zero-order chi connectivity index (χ0) is 16.6. The molecular formula is C16H14Br2N2O3. The number of nitrogens with zero attached hydrogens (tertiary/aromatic N) is 1. The van der Waals surface area contributed by atoms with E-state index in [-0.39, 0.29) is 6.54 Å². The van der Waals surface area contributed by atoms with E-state index in [0.717, 1.165) is 30.8 Å². The second-order valence-corrected chi connectivity index (χ2v) is 7.10. The maximum Gasteiger partial charge on any atom is 0.404 e. The summed E-state index contributed by atoms with van der Waals surface area (Å²) in [7, 11) is 0. The number of nitrogens with one attached hydrogen (secondary N) is 1. The van der Waals surface area contributed by atoms with Crippen LogP contribution in [0.5, 0.6) is 0 Å². The summed E-state index contributed by atoms with van der Waals surface area (Å²) in [6.45, 7) is 0.299. The average Bonchev–Trinajstić information content (AvgIpc) is 2.78. The molecule has 0 spiro atoms. The summed E-state index contributed by atoms with van der Waals surface area (Å²) in [5.74, 6) is 0. The Bertz CT molecular complexity index is 833. The van der Waals surface area contributed by atoms with Crippen LogP contribution in [0.2, 0.25) is 0 Å². The van der Waals surface area contributed by atoms with Gasteiger partial charge in [-0.3, -0.25) is 0 Å². The normalized spacial score (nSPS) is 12.7. The van der Waals surface area contributed by atoms with Crippen LogP contribution in [0.25, 0.3) is 21.8 Å². The predicted molar refractivity (Wildman–Crippen MR) is 96.9 cm³/mol. The van der Waals surface area contributed by atoms with Gasteiger partial charge in [0, 0.05) is 37.3 Å². The highest BCUT2D eigenvalue weighted by molar-refractivity contribution is 9.10. The molecule has 2 aromatic carbocycles. The number of aromatic nitrogens is 1. The first-order chi connectivity index (χ1) is 11.0. The van der Waals surface area contributed by atoms with Crippen molar-refractivity contribution in [2.45, 2.75) is 12.6 Å². The molecule has 1 heterocycles. The number of carboxylic acid groups (broad SMARTS) is 1. The minimum Gasteiger partial charge on any atom is -0.465 e. The van der Waals surface area contributed by atoms with Crippen molar-refractivity contribution in [2.75, 3.05) is 6.54 Å². The van der Waals surface area contributed by atoms with Crippen LogP contribution in [0.1, 0.15) is 0 Å². The van der Waals surface area contributed by atoms with E-state index in [9.17, 15) is 9.90 Å².